The minimum absolute atomic E-state index is 0.268. The molecule has 0 spiro atoms. The zero-order valence-electron chi connectivity index (χ0n) is 10.9. The van der Waals surface area contributed by atoms with Gasteiger partial charge in [-0.05, 0) is 31.2 Å². The lowest BCUT2D eigenvalue weighted by Crippen LogP contribution is -2.17. The van der Waals surface area contributed by atoms with E-state index in [9.17, 15) is 13.2 Å². The molecule has 2 heterocycles. The van der Waals surface area contributed by atoms with Gasteiger partial charge in [-0.15, -0.1) is 13.2 Å². The van der Waals surface area contributed by atoms with Crippen LogP contribution in [0.3, 0.4) is 0 Å². The summed E-state index contributed by atoms with van der Waals surface area (Å²) in [6.45, 7) is 1.81. The van der Waals surface area contributed by atoms with Gasteiger partial charge in [-0.1, -0.05) is 12.1 Å². The van der Waals surface area contributed by atoms with Gasteiger partial charge in [0, 0.05) is 5.56 Å². The molecule has 0 bridgehead atoms. The topological polar surface area (TPSA) is 39.4 Å². The van der Waals surface area contributed by atoms with Gasteiger partial charge in [-0.3, -0.25) is 0 Å². The Hall–Kier alpha value is -2.57. The Balaban J connectivity index is 2.11. The average Bonchev–Trinajstić information content (AvgIpc) is 2.79. The van der Waals surface area contributed by atoms with Crippen molar-refractivity contribution in [3.05, 3.63) is 48.3 Å². The lowest BCUT2D eigenvalue weighted by atomic mass is 10.1. The molecule has 0 unspecified atom stereocenters. The maximum absolute atomic E-state index is 12.4. The molecule has 0 atom stereocenters. The number of hydrogen-bond acceptors (Lipinski definition) is 3. The van der Waals surface area contributed by atoms with Crippen molar-refractivity contribution in [3.63, 3.8) is 0 Å². The van der Waals surface area contributed by atoms with E-state index in [0.29, 0.717) is 11.3 Å². The first-order valence-electron chi connectivity index (χ1n) is 6.10. The zero-order chi connectivity index (χ0) is 15.0. The molecule has 3 rings (SSSR count). The smallest absolute Gasteiger partial charge is 0.405 e. The predicted octanol–water partition coefficient (Wildman–Crippen LogP) is 3.60. The molecule has 7 heteroatoms. The summed E-state index contributed by atoms with van der Waals surface area (Å²) < 4.78 is 43.0. The van der Waals surface area contributed by atoms with Crippen LogP contribution in [-0.2, 0) is 0 Å². The minimum atomic E-state index is -4.74. The number of rotatable bonds is 2. The molecular formula is C14H10F3N3O. The van der Waals surface area contributed by atoms with E-state index in [4.69, 9.17) is 0 Å². The molecule has 0 aliphatic carbocycles. The van der Waals surface area contributed by atoms with E-state index in [1.54, 1.807) is 28.9 Å². The number of ether oxygens (including phenoxy) is 1. The van der Waals surface area contributed by atoms with E-state index < -0.39 is 6.36 Å². The molecule has 3 aromatic rings. The Bertz CT molecular complexity index is 796. The number of alkyl halides is 3. The normalized spacial score (nSPS) is 11.8. The Labute approximate surface area is 117 Å². The molecule has 0 saturated heterocycles. The van der Waals surface area contributed by atoms with Crippen molar-refractivity contribution >= 4 is 5.65 Å². The molecule has 2 aromatic heterocycles. The number of imidazole rings is 1. The number of halogens is 3. The van der Waals surface area contributed by atoms with E-state index in [1.165, 1.54) is 18.2 Å². The van der Waals surface area contributed by atoms with Crippen LogP contribution in [0.5, 0.6) is 5.75 Å². The monoisotopic (exact) mass is 293 g/mol. The first kappa shape index (κ1) is 13.4. The number of aryl methyl sites for hydroxylation is 1. The summed E-state index contributed by atoms with van der Waals surface area (Å²) in [7, 11) is 0. The summed E-state index contributed by atoms with van der Waals surface area (Å²) in [6.07, 6.45) is -3.10. The summed E-state index contributed by atoms with van der Waals surface area (Å²) in [5, 5.41) is 4.30. The Morgan fingerprint density at radius 1 is 1.10 bits per heavy atom. The van der Waals surface area contributed by atoms with Crippen molar-refractivity contribution in [1.29, 1.82) is 0 Å². The first-order chi connectivity index (χ1) is 9.94. The van der Waals surface area contributed by atoms with Crippen LogP contribution in [0.25, 0.3) is 16.9 Å². The number of benzene rings is 1. The molecule has 4 nitrogen and oxygen atoms in total. The molecule has 0 amide bonds. The molecule has 0 saturated carbocycles. The molecular weight excluding hydrogens is 283 g/mol. The molecule has 1 aromatic carbocycles. The van der Waals surface area contributed by atoms with Crippen LogP contribution in [0.1, 0.15) is 5.69 Å². The molecule has 21 heavy (non-hydrogen) atoms. The fourth-order valence-corrected chi connectivity index (χ4v) is 2.02. The van der Waals surface area contributed by atoms with Crippen LogP contribution < -0.4 is 4.74 Å². The maximum atomic E-state index is 12.4. The Kier molecular flexibility index (Phi) is 3.04. The van der Waals surface area contributed by atoms with Crippen molar-refractivity contribution in [2.75, 3.05) is 0 Å². The Morgan fingerprint density at radius 2 is 1.86 bits per heavy atom. The second-order valence-electron chi connectivity index (χ2n) is 4.43. The summed E-state index contributed by atoms with van der Waals surface area (Å²) >= 11 is 0. The highest BCUT2D eigenvalue weighted by atomic mass is 19.4. The quantitative estimate of drug-likeness (QED) is 0.724. The third kappa shape index (κ3) is 2.67. The van der Waals surface area contributed by atoms with E-state index >= 15 is 0 Å². The molecule has 0 radical (unpaired) electrons. The van der Waals surface area contributed by atoms with Crippen molar-refractivity contribution < 1.29 is 17.9 Å². The summed E-state index contributed by atoms with van der Waals surface area (Å²) in [6, 6.07) is 9.20. The summed E-state index contributed by atoms with van der Waals surface area (Å²) in [5.74, 6) is -0.283. The minimum Gasteiger partial charge on any atom is -0.405 e. The van der Waals surface area contributed by atoms with Crippen LogP contribution in [0.15, 0.2) is 42.6 Å². The van der Waals surface area contributed by atoms with E-state index in [-0.39, 0.29) is 11.3 Å². The first-order valence-corrected chi connectivity index (χ1v) is 6.10. The van der Waals surface area contributed by atoms with E-state index in [0.717, 1.165) is 5.69 Å². The van der Waals surface area contributed by atoms with E-state index in [1.807, 2.05) is 6.92 Å². The van der Waals surface area contributed by atoms with Gasteiger partial charge in [0.25, 0.3) is 0 Å². The van der Waals surface area contributed by atoms with Gasteiger partial charge in [-0.25, -0.2) is 9.50 Å². The molecule has 0 N–H and O–H groups in total. The van der Waals surface area contributed by atoms with Crippen molar-refractivity contribution in [2.45, 2.75) is 13.3 Å². The third-order valence-corrected chi connectivity index (χ3v) is 2.92. The van der Waals surface area contributed by atoms with Gasteiger partial charge >= 0.3 is 6.36 Å². The van der Waals surface area contributed by atoms with Crippen molar-refractivity contribution in [1.82, 2.24) is 14.6 Å². The van der Waals surface area contributed by atoms with Crippen LogP contribution in [-0.4, -0.2) is 21.0 Å². The second kappa shape index (κ2) is 4.76. The highest BCUT2D eigenvalue weighted by molar-refractivity contribution is 5.67. The number of fused-ring (bicyclic) bond motifs is 1. The lowest BCUT2D eigenvalue weighted by Gasteiger charge is -2.12. The largest absolute Gasteiger partial charge is 0.573 e. The SMILES string of the molecule is Cc1cnc2ccc(-c3ccccc3OC(F)(F)F)nn12. The fourth-order valence-electron chi connectivity index (χ4n) is 2.02. The second-order valence-corrected chi connectivity index (χ2v) is 4.43. The highest BCUT2D eigenvalue weighted by Gasteiger charge is 2.32. The van der Waals surface area contributed by atoms with Crippen LogP contribution >= 0.6 is 0 Å². The molecule has 0 aliphatic rings. The molecule has 108 valence electrons. The third-order valence-electron chi connectivity index (χ3n) is 2.92. The zero-order valence-corrected chi connectivity index (χ0v) is 10.9. The fraction of sp³-hybridized carbons (Fsp3) is 0.143. The summed E-state index contributed by atoms with van der Waals surface area (Å²) in [4.78, 5) is 4.12. The van der Waals surface area contributed by atoms with Gasteiger partial charge in [0.05, 0.1) is 17.6 Å². The van der Waals surface area contributed by atoms with Gasteiger partial charge in [0.1, 0.15) is 5.75 Å². The molecule has 0 aliphatic heterocycles. The van der Waals surface area contributed by atoms with Crippen LogP contribution in [0, 0.1) is 6.92 Å². The maximum Gasteiger partial charge on any atom is 0.573 e. The lowest BCUT2D eigenvalue weighted by molar-refractivity contribution is -0.274. The van der Waals surface area contributed by atoms with E-state index in [2.05, 4.69) is 14.8 Å². The molecule has 0 fully saturated rings. The van der Waals surface area contributed by atoms with Crippen molar-refractivity contribution in [3.8, 4) is 17.0 Å². The number of nitrogens with zero attached hydrogens (tertiary/aromatic N) is 3. The van der Waals surface area contributed by atoms with Crippen LogP contribution in [0.4, 0.5) is 13.2 Å². The number of para-hydroxylation sites is 1. The Morgan fingerprint density at radius 3 is 2.62 bits per heavy atom. The number of aromatic nitrogens is 3. The standard InChI is InChI=1S/C14H10F3N3O/c1-9-8-18-13-7-6-11(19-20(9)13)10-4-2-3-5-12(10)21-14(15,16)17/h2-8H,1H3. The van der Waals surface area contributed by atoms with Crippen molar-refractivity contribution in [2.24, 2.45) is 0 Å². The average molecular weight is 293 g/mol. The van der Waals surface area contributed by atoms with Crippen LogP contribution in [0.2, 0.25) is 0 Å². The van der Waals surface area contributed by atoms with Gasteiger partial charge in [0.2, 0.25) is 0 Å². The van der Waals surface area contributed by atoms with Gasteiger partial charge in [0.15, 0.2) is 5.65 Å². The van der Waals surface area contributed by atoms with Gasteiger partial charge < -0.3 is 4.74 Å². The highest BCUT2D eigenvalue weighted by Crippen LogP contribution is 2.32. The summed E-state index contributed by atoms with van der Waals surface area (Å²) in [5.41, 5.74) is 2.07. The predicted molar refractivity (Wildman–Crippen MR) is 69.8 cm³/mol. The van der Waals surface area contributed by atoms with Gasteiger partial charge in [-0.2, -0.15) is 5.10 Å². The number of hydrogen-bond donors (Lipinski definition) is 0.